The zero-order valence-electron chi connectivity index (χ0n) is 14.8. The van der Waals surface area contributed by atoms with E-state index in [0.717, 1.165) is 18.0 Å². The molecule has 0 spiro atoms. The number of hydrogen-bond acceptors (Lipinski definition) is 1. The molecule has 3 atom stereocenters. The highest BCUT2D eigenvalue weighted by molar-refractivity contribution is 4.90. The molecule has 1 heteroatoms. The molecule has 0 radical (unpaired) electrons. The molecule has 1 heterocycles. The Morgan fingerprint density at radius 1 is 0.762 bits per heavy atom. The van der Waals surface area contributed by atoms with Crippen LogP contribution in [0, 0.1) is 5.92 Å². The van der Waals surface area contributed by atoms with Gasteiger partial charge in [0.05, 0.1) is 0 Å². The van der Waals surface area contributed by atoms with Crippen LogP contribution in [0.25, 0.3) is 0 Å². The summed E-state index contributed by atoms with van der Waals surface area (Å²) in [6.07, 6.45) is 22.1. The Balaban J connectivity index is 1.54. The second kappa shape index (κ2) is 9.87. The summed E-state index contributed by atoms with van der Waals surface area (Å²) in [6, 6.07) is 1.84. The van der Waals surface area contributed by atoms with Crippen LogP contribution >= 0.6 is 0 Å². The monoisotopic (exact) mass is 293 g/mol. The van der Waals surface area contributed by atoms with Crippen molar-refractivity contribution in [3.8, 4) is 0 Å². The van der Waals surface area contributed by atoms with E-state index < -0.39 is 0 Å². The lowest BCUT2D eigenvalue weighted by molar-refractivity contribution is 0.0325. The third-order valence-corrected chi connectivity index (χ3v) is 6.23. The first-order valence-corrected chi connectivity index (χ1v) is 10.0. The molecule has 2 fully saturated rings. The maximum atomic E-state index is 2.79. The summed E-state index contributed by atoms with van der Waals surface area (Å²) in [5, 5.41) is 0. The van der Waals surface area contributed by atoms with Crippen molar-refractivity contribution >= 4 is 0 Å². The Kier molecular flexibility index (Phi) is 8.14. The second-order valence-electron chi connectivity index (χ2n) is 7.77. The molecule has 1 saturated carbocycles. The fourth-order valence-corrected chi connectivity index (χ4v) is 4.80. The van der Waals surface area contributed by atoms with Crippen LogP contribution in [0.5, 0.6) is 0 Å². The van der Waals surface area contributed by atoms with Gasteiger partial charge in [0.25, 0.3) is 0 Å². The zero-order valence-corrected chi connectivity index (χ0v) is 14.8. The van der Waals surface area contributed by atoms with Crippen LogP contribution in [-0.2, 0) is 0 Å². The number of piperidine rings is 1. The third kappa shape index (κ3) is 5.58. The van der Waals surface area contributed by atoms with Gasteiger partial charge in [0, 0.05) is 12.1 Å². The SMILES string of the molecule is CCCCCCCCCCC1CCC2CCCCC2N1C. The summed E-state index contributed by atoms with van der Waals surface area (Å²) in [6.45, 7) is 2.30. The summed E-state index contributed by atoms with van der Waals surface area (Å²) in [5.41, 5.74) is 0. The van der Waals surface area contributed by atoms with Crippen LogP contribution in [-0.4, -0.2) is 24.0 Å². The predicted octanol–water partition coefficient (Wildman–Crippen LogP) is 6.17. The third-order valence-electron chi connectivity index (χ3n) is 6.23. The lowest BCUT2D eigenvalue weighted by Gasteiger charge is -2.47. The van der Waals surface area contributed by atoms with E-state index in [0.29, 0.717) is 0 Å². The van der Waals surface area contributed by atoms with Crippen LogP contribution in [0.4, 0.5) is 0 Å². The fourth-order valence-electron chi connectivity index (χ4n) is 4.80. The van der Waals surface area contributed by atoms with Gasteiger partial charge in [-0.15, -0.1) is 0 Å². The highest BCUT2D eigenvalue weighted by Gasteiger charge is 2.35. The maximum Gasteiger partial charge on any atom is 0.0123 e. The molecule has 21 heavy (non-hydrogen) atoms. The lowest BCUT2D eigenvalue weighted by atomic mass is 9.76. The molecule has 0 aromatic heterocycles. The highest BCUT2D eigenvalue weighted by atomic mass is 15.2. The van der Waals surface area contributed by atoms with Gasteiger partial charge < -0.3 is 4.90 Å². The first-order valence-electron chi connectivity index (χ1n) is 10.0. The quantitative estimate of drug-likeness (QED) is 0.459. The molecule has 0 N–H and O–H groups in total. The fraction of sp³-hybridized carbons (Fsp3) is 1.00. The smallest absolute Gasteiger partial charge is 0.0123 e. The Hall–Kier alpha value is -0.0400. The van der Waals surface area contributed by atoms with E-state index in [1.807, 2.05) is 0 Å². The zero-order chi connectivity index (χ0) is 14.9. The van der Waals surface area contributed by atoms with Gasteiger partial charge in [-0.25, -0.2) is 0 Å². The number of rotatable bonds is 9. The van der Waals surface area contributed by atoms with Gasteiger partial charge in [-0.1, -0.05) is 71.1 Å². The van der Waals surface area contributed by atoms with E-state index in [1.165, 1.54) is 96.3 Å². The van der Waals surface area contributed by atoms with Gasteiger partial charge in [-0.2, -0.15) is 0 Å². The average Bonchev–Trinajstić information content (AvgIpc) is 2.52. The summed E-state index contributed by atoms with van der Waals surface area (Å²) in [5.74, 6) is 1.04. The van der Waals surface area contributed by atoms with Crippen molar-refractivity contribution < 1.29 is 0 Å². The Labute approximate surface area is 133 Å². The molecular weight excluding hydrogens is 254 g/mol. The highest BCUT2D eigenvalue weighted by Crippen LogP contribution is 2.38. The molecule has 124 valence electrons. The van der Waals surface area contributed by atoms with Crippen molar-refractivity contribution in [2.45, 2.75) is 115 Å². The van der Waals surface area contributed by atoms with Gasteiger partial charge in [0.15, 0.2) is 0 Å². The molecular formula is C20H39N. The molecule has 1 aliphatic carbocycles. The summed E-state index contributed by atoms with van der Waals surface area (Å²) < 4.78 is 0. The number of hydrogen-bond donors (Lipinski definition) is 0. The minimum atomic E-state index is 0.907. The minimum Gasteiger partial charge on any atom is -0.300 e. The topological polar surface area (TPSA) is 3.24 Å². The van der Waals surface area contributed by atoms with Crippen LogP contribution in [0.15, 0.2) is 0 Å². The molecule has 1 saturated heterocycles. The normalized spacial score (nSPS) is 30.3. The van der Waals surface area contributed by atoms with E-state index >= 15 is 0 Å². The lowest BCUT2D eigenvalue weighted by Crippen LogP contribution is -2.49. The predicted molar refractivity (Wildman–Crippen MR) is 93.8 cm³/mol. The van der Waals surface area contributed by atoms with Crippen LogP contribution < -0.4 is 0 Å². The average molecular weight is 294 g/mol. The summed E-state index contributed by atoms with van der Waals surface area (Å²) >= 11 is 0. The van der Waals surface area contributed by atoms with Crippen LogP contribution in [0.1, 0.15) is 103 Å². The van der Waals surface area contributed by atoms with E-state index in [1.54, 1.807) is 0 Å². The first-order chi connectivity index (χ1) is 10.3. The van der Waals surface area contributed by atoms with Crippen molar-refractivity contribution in [2.24, 2.45) is 5.92 Å². The Morgan fingerprint density at radius 3 is 2.19 bits per heavy atom. The van der Waals surface area contributed by atoms with Gasteiger partial charge in [0.1, 0.15) is 0 Å². The number of unbranched alkanes of at least 4 members (excludes halogenated alkanes) is 7. The molecule has 1 nitrogen and oxygen atoms in total. The number of fused-ring (bicyclic) bond motifs is 1. The van der Waals surface area contributed by atoms with E-state index in [2.05, 4.69) is 18.9 Å². The maximum absolute atomic E-state index is 2.79. The largest absolute Gasteiger partial charge is 0.300 e. The molecule has 0 aromatic rings. The molecule has 1 aliphatic heterocycles. The van der Waals surface area contributed by atoms with Crippen molar-refractivity contribution in [2.75, 3.05) is 7.05 Å². The van der Waals surface area contributed by atoms with Gasteiger partial charge >= 0.3 is 0 Å². The molecule has 0 bridgehead atoms. The second-order valence-corrected chi connectivity index (χ2v) is 7.77. The van der Waals surface area contributed by atoms with Gasteiger partial charge in [-0.3, -0.25) is 0 Å². The summed E-state index contributed by atoms with van der Waals surface area (Å²) in [7, 11) is 2.43. The molecule has 0 aromatic carbocycles. The minimum absolute atomic E-state index is 0.907. The Morgan fingerprint density at radius 2 is 1.43 bits per heavy atom. The van der Waals surface area contributed by atoms with Crippen molar-refractivity contribution in [3.05, 3.63) is 0 Å². The van der Waals surface area contributed by atoms with Crippen LogP contribution in [0.3, 0.4) is 0 Å². The van der Waals surface area contributed by atoms with Crippen LogP contribution in [0.2, 0.25) is 0 Å². The number of likely N-dealkylation sites (tertiary alicyclic amines) is 1. The standard InChI is InChI=1S/C20H39N/c1-3-4-5-6-7-8-9-10-14-19-17-16-18-13-11-12-15-20(18)21(19)2/h18-20H,3-17H2,1-2H3. The number of nitrogens with zero attached hydrogens (tertiary/aromatic N) is 1. The molecule has 0 amide bonds. The summed E-state index contributed by atoms with van der Waals surface area (Å²) in [4.78, 5) is 2.79. The van der Waals surface area contributed by atoms with E-state index in [4.69, 9.17) is 0 Å². The van der Waals surface area contributed by atoms with Crippen molar-refractivity contribution in [3.63, 3.8) is 0 Å². The van der Waals surface area contributed by atoms with Crippen molar-refractivity contribution in [1.82, 2.24) is 4.90 Å². The van der Waals surface area contributed by atoms with Crippen molar-refractivity contribution in [1.29, 1.82) is 0 Å². The molecule has 2 rings (SSSR count). The van der Waals surface area contributed by atoms with Gasteiger partial charge in [0.2, 0.25) is 0 Å². The molecule has 3 unspecified atom stereocenters. The van der Waals surface area contributed by atoms with E-state index in [9.17, 15) is 0 Å². The van der Waals surface area contributed by atoms with Gasteiger partial charge in [-0.05, 0) is 45.1 Å². The van der Waals surface area contributed by atoms with E-state index in [-0.39, 0.29) is 0 Å². The Bertz CT molecular complexity index is 263. The molecule has 2 aliphatic rings. The first kappa shape index (κ1) is 17.3.